The Bertz CT molecular complexity index is 333. The quantitative estimate of drug-likeness (QED) is 0.623. The maximum absolute atomic E-state index is 12.5. The molecule has 0 spiro atoms. The monoisotopic (exact) mass is 329 g/mol. The number of nitrogens with zero attached hydrogens (tertiary/aromatic N) is 1. The second kappa shape index (κ2) is 5.02. The fourth-order valence-corrected chi connectivity index (χ4v) is 1.90. The van der Waals surface area contributed by atoms with Gasteiger partial charge in [-0.25, -0.2) is 13.8 Å². The highest BCUT2D eigenvalue weighted by atomic mass is 79.9. The molecule has 0 aromatic carbocycles. The molecule has 1 aromatic heterocycles. The third-order valence-electron chi connectivity index (χ3n) is 1.64. The first kappa shape index (κ1) is 11.8. The first-order valence-corrected chi connectivity index (χ1v) is 5.59. The Morgan fingerprint density at radius 1 is 1.57 bits per heavy atom. The summed E-state index contributed by atoms with van der Waals surface area (Å²) in [6.45, 7) is 0. The number of hydrogen-bond donors (Lipinski definition) is 0. The highest BCUT2D eigenvalue weighted by Crippen LogP contribution is 2.31. The molecule has 1 aromatic rings. The Morgan fingerprint density at radius 2 is 2.21 bits per heavy atom. The van der Waals surface area contributed by atoms with Crippen LogP contribution in [0.25, 0.3) is 0 Å². The number of aromatic nitrogens is 1. The summed E-state index contributed by atoms with van der Waals surface area (Å²) in [4.78, 5) is 3.95. The van der Waals surface area contributed by atoms with Gasteiger partial charge in [-0.3, -0.25) is 0 Å². The smallest absolute Gasteiger partial charge is 0.265 e. The zero-order chi connectivity index (χ0) is 10.7. The number of pyridine rings is 1. The molecule has 1 heterocycles. The average Bonchev–Trinajstić information content (AvgIpc) is 2.16. The Kier molecular flexibility index (Phi) is 4.25. The third kappa shape index (κ3) is 2.42. The van der Waals surface area contributed by atoms with Crippen LogP contribution in [0.15, 0.2) is 10.7 Å². The molecule has 1 rings (SSSR count). The van der Waals surface area contributed by atoms with Crippen LogP contribution in [0, 0.1) is 0 Å². The van der Waals surface area contributed by atoms with Crippen molar-refractivity contribution >= 4 is 31.9 Å². The van der Waals surface area contributed by atoms with Gasteiger partial charge >= 0.3 is 0 Å². The van der Waals surface area contributed by atoms with Gasteiger partial charge in [0, 0.05) is 10.9 Å². The van der Waals surface area contributed by atoms with Crippen molar-refractivity contribution in [1.82, 2.24) is 4.98 Å². The molecule has 0 atom stereocenters. The summed E-state index contributed by atoms with van der Waals surface area (Å²) in [5, 5.41) is 0.287. The molecule has 0 aliphatic carbocycles. The Balaban J connectivity index is 3.25. The van der Waals surface area contributed by atoms with Gasteiger partial charge in [0.25, 0.3) is 6.43 Å². The van der Waals surface area contributed by atoms with Crippen molar-refractivity contribution in [2.75, 3.05) is 7.11 Å². The lowest BCUT2D eigenvalue weighted by Crippen LogP contribution is -1.99. The van der Waals surface area contributed by atoms with Gasteiger partial charge in [0.2, 0.25) is 0 Å². The fraction of sp³-hybridized carbons (Fsp3) is 0.375. The molecule has 78 valence electrons. The van der Waals surface area contributed by atoms with Crippen molar-refractivity contribution < 1.29 is 13.5 Å². The third-order valence-corrected chi connectivity index (χ3v) is 2.74. The molecular weight excluding hydrogens is 324 g/mol. The van der Waals surface area contributed by atoms with Crippen LogP contribution in [-0.4, -0.2) is 12.1 Å². The predicted molar refractivity (Wildman–Crippen MR) is 56.1 cm³/mol. The Morgan fingerprint density at radius 3 is 2.64 bits per heavy atom. The largest absolute Gasteiger partial charge is 0.494 e. The van der Waals surface area contributed by atoms with E-state index in [2.05, 4.69) is 36.8 Å². The highest BCUT2D eigenvalue weighted by Gasteiger charge is 2.17. The molecule has 0 aliphatic rings. The van der Waals surface area contributed by atoms with Crippen molar-refractivity contribution in [1.29, 1.82) is 0 Å². The van der Waals surface area contributed by atoms with Gasteiger partial charge in [-0.2, -0.15) is 0 Å². The molecule has 0 N–H and O–H groups in total. The normalized spacial score (nSPS) is 10.7. The van der Waals surface area contributed by atoms with Gasteiger partial charge in [-0.1, -0.05) is 15.9 Å². The summed E-state index contributed by atoms with van der Waals surface area (Å²) >= 11 is 6.23. The topological polar surface area (TPSA) is 22.1 Å². The molecule has 14 heavy (non-hydrogen) atoms. The highest BCUT2D eigenvalue weighted by molar-refractivity contribution is 9.10. The molecule has 0 radical (unpaired) electrons. The van der Waals surface area contributed by atoms with Crippen LogP contribution >= 0.6 is 31.9 Å². The van der Waals surface area contributed by atoms with Gasteiger partial charge in [0.15, 0.2) is 5.75 Å². The van der Waals surface area contributed by atoms with Crippen molar-refractivity contribution in [2.45, 2.75) is 11.8 Å². The fourth-order valence-electron chi connectivity index (χ4n) is 0.961. The van der Waals surface area contributed by atoms with Crippen LogP contribution < -0.4 is 4.74 Å². The number of halogens is 4. The molecule has 0 fully saturated rings. The molecule has 2 nitrogen and oxygen atoms in total. The first-order chi connectivity index (χ1) is 6.60. The standard InChI is InChI=1S/C8H7Br2F2NO/c1-14-6-2-4(8(11)12)5(3-9)13-7(6)10/h2,8H,3H2,1H3. The lowest BCUT2D eigenvalue weighted by Gasteiger charge is -2.09. The van der Waals surface area contributed by atoms with Gasteiger partial charge in [0.05, 0.1) is 12.8 Å². The zero-order valence-corrected chi connectivity index (χ0v) is 10.4. The van der Waals surface area contributed by atoms with E-state index < -0.39 is 6.43 Å². The number of alkyl halides is 3. The van der Waals surface area contributed by atoms with Gasteiger partial charge in [-0.05, 0) is 22.0 Å². The van der Waals surface area contributed by atoms with Crippen molar-refractivity contribution in [3.8, 4) is 5.75 Å². The number of methoxy groups -OCH3 is 1. The first-order valence-electron chi connectivity index (χ1n) is 3.67. The molecule has 0 amide bonds. The summed E-state index contributed by atoms with van der Waals surface area (Å²) in [7, 11) is 1.41. The van der Waals surface area contributed by atoms with Crippen molar-refractivity contribution in [3.05, 3.63) is 21.9 Å². The van der Waals surface area contributed by atoms with Crippen LogP contribution in [0.1, 0.15) is 17.7 Å². The molecular formula is C8H7Br2F2NO. The minimum atomic E-state index is -2.54. The van der Waals surface area contributed by atoms with Crippen molar-refractivity contribution in [3.63, 3.8) is 0 Å². The van der Waals surface area contributed by atoms with Crippen LogP contribution in [0.3, 0.4) is 0 Å². The van der Waals surface area contributed by atoms with E-state index in [9.17, 15) is 8.78 Å². The maximum Gasteiger partial charge on any atom is 0.265 e. The van der Waals surface area contributed by atoms with E-state index in [1.807, 2.05) is 0 Å². The van der Waals surface area contributed by atoms with Crippen LogP contribution in [-0.2, 0) is 5.33 Å². The van der Waals surface area contributed by atoms with E-state index in [1.165, 1.54) is 13.2 Å². The van der Waals surface area contributed by atoms with E-state index in [0.717, 1.165) is 0 Å². The van der Waals surface area contributed by atoms with Crippen LogP contribution in [0.5, 0.6) is 5.75 Å². The molecule has 0 saturated carbocycles. The van der Waals surface area contributed by atoms with E-state index in [4.69, 9.17) is 4.74 Å². The SMILES string of the molecule is COc1cc(C(F)F)c(CBr)nc1Br. The molecule has 0 saturated heterocycles. The number of hydrogen-bond acceptors (Lipinski definition) is 2. The van der Waals surface area contributed by atoms with Gasteiger partial charge < -0.3 is 4.74 Å². The Labute approximate surface area is 96.9 Å². The number of ether oxygens (including phenoxy) is 1. The van der Waals surface area contributed by atoms with Gasteiger partial charge in [0.1, 0.15) is 4.60 Å². The number of rotatable bonds is 3. The molecule has 0 bridgehead atoms. The van der Waals surface area contributed by atoms with Crippen LogP contribution in [0.4, 0.5) is 8.78 Å². The lowest BCUT2D eigenvalue weighted by molar-refractivity contribution is 0.149. The molecule has 6 heteroatoms. The summed E-state index contributed by atoms with van der Waals surface area (Å²) in [5.41, 5.74) is 0.203. The van der Waals surface area contributed by atoms with E-state index in [1.54, 1.807) is 0 Å². The van der Waals surface area contributed by atoms with Crippen LogP contribution in [0.2, 0.25) is 0 Å². The van der Waals surface area contributed by atoms with Gasteiger partial charge in [-0.15, -0.1) is 0 Å². The van der Waals surface area contributed by atoms with E-state index in [0.29, 0.717) is 16.0 Å². The molecule has 0 unspecified atom stereocenters. The minimum absolute atomic E-state index is 0.109. The average molecular weight is 331 g/mol. The summed E-state index contributed by atoms with van der Waals surface area (Å²) in [6, 6.07) is 1.29. The second-order valence-corrected chi connectivity index (χ2v) is 3.76. The lowest BCUT2D eigenvalue weighted by atomic mass is 10.2. The molecule has 0 aliphatic heterocycles. The minimum Gasteiger partial charge on any atom is -0.494 e. The van der Waals surface area contributed by atoms with E-state index in [-0.39, 0.29) is 10.9 Å². The summed E-state index contributed by atoms with van der Waals surface area (Å²) in [6.07, 6.45) is -2.54. The second-order valence-electron chi connectivity index (χ2n) is 2.45. The zero-order valence-electron chi connectivity index (χ0n) is 7.23. The predicted octanol–water partition coefficient (Wildman–Crippen LogP) is 3.69. The summed E-state index contributed by atoms with van der Waals surface area (Å²) in [5.74, 6) is 0.310. The summed E-state index contributed by atoms with van der Waals surface area (Å²) < 4.78 is 30.4. The maximum atomic E-state index is 12.5. The van der Waals surface area contributed by atoms with Crippen molar-refractivity contribution in [2.24, 2.45) is 0 Å². The van der Waals surface area contributed by atoms with E-state index >= 15 is 0 Å². The Hall–Kier alpha value is -0.230.